The van der Waals surface area contributed by atoms with Crippen molar-refractivity contribution in [1.29, 1.82) is 0 Å². The van der Waals surface area contributed by atoms with E-state index in [1.54, 1.807) is 0 Å². The van der Waals surface area contributed by atoms with E-state index in [1.165, 1.54) is 0 Å². The molecule has 4 rings (SSSR count). The predicted octanol–water partition coefficient (Wildman–Crippen LogP) is 1.54. The molecule has 2 atom stereocenters. The van der Waals surface area contributed by atoms with Crippen molar-refractivity contribution in [1.82, 2.24) is 4.90 Å². The molecule has 1 aromatic carbocycles. The largest absolute Gasteiger partial charge is 0.486 e. The van der Waals surface area contributed by atoms with Gasteiger partial charge >= 0.3 is 0 Å². The molecule has 3 aliphatic rings. The predicted molar refractivity (Wildman–Crippen MR) is 81.7 cm³/mol. The molecule has 0 unspecified atom stereocenters. The van der Waals surface area contributed by atoms with E-state index in [-0.39, 0.29) is 11.9 Å². The van der Waals surface area contributed by atoms with E-state index < -0.39 is 6.10 Å². The molecule has 1 aromatic rings. The summed E-state index contributed by atoms with van der Waals surface area (Å²) in [6, 6.07) is 6.04. The Hall–Kier alpha value is -1.79. The molecule has 2 fully saturated rings. The van der Waals surface area contributed by atoms with Gasteiger partial charge in [0.05, 0.1) is 25.9 Å². The summed E-state index contributed by atoms with van der Waals surface area (Å²) in [5.41, 5.74) is 1.09. The van der Waals surface area contributed by atoms with Gasteiger partial charge in [-0.1, -0.05) is 6.07 Å². The van der Waals surface area contributed by atoms with Crippen molar-refractivity contribution >= 4 is 5.91 Å². The molecule has 2 saturated heterocycles. The van der Waals surface area contributed by atoms with Crippen LogP contribution in [0.25, 0.3) is 0 Å². The van der Waals surface area contributed by atoms with Crippen LogP contribution in [0.1, 0.15) is 24.4 Å². The third kappa shape index (κ3) is 2.88. The third-order valence-electron chi connectivity index (χ3n) is 4.58. The van der Waals surface area contributed by atoms with Crippen LogP contribution in [0.2, 0.25) is 0 Å². The van der Waals surface area contributed by atoms with Crippen molar-refractivity contribution in [2.75, 3.05) is 39.6 Å². The molecule has 0 spiro atoms. The molecule has 3 heterocycles. The van der Waals surface area contributed by atoms with Crippen molar-refractivity contribution in [3.8, 4) is 11.5 Å². The van der Waals surface area contributed by atoms with Gasteiger partial charge in [0.2, 0.25) is 0 Å². The Morgan fingerprint density at radius 2 is 1.96 bits per heavy atom. The maximum Gasteiger partial charge on any atom is 0.254 e. The van der Waals surface area contributed by atoms with Crippen LogP contribution in [0.5, 0.6) is 11.5 Å². The zero-order valence-corrected chi connectivity index (χ0v) is 13.0. The second-order valence-corrected chi connectivity index (χ2v) is 6.03. The Bertz CT molecular complexity index is 584. The molecule has 0 aliphatic carbocycles. The summed E-state index contributed by atoms with van der Waals surface area (Å²) in [5.74, 6) is 1.58. The van der Waals surface area contributed by atoms with E-state index in [9.17, 15) is 4.79 Å². The second-order valence-electron chi connectivity index (χ2n) is 6.03. The molecular formula is C17H21NO5. The Morgan fingerprint density at radius 1 is 1.09 bits per heavy atom. The summed E-state index contributed by atoms with van der Waals surface area (Å²) in [6.45, 7) is 3.31. The quantitative estimate of drug-likeness (QED) is 0.827. The number of hydrogen-bond acceptors (Lipinski definition) is 5. The van der Waals surface area contributed by atoms with Gasteiger partial charge in [-0.2, -0.15) is 0 Å². The van der Waals surface area contributed by atoms with Crippen LogP contribution in [-0.4, -0.2) is 56.5 Å². The van der Waals surface area contributed by atoms with Crippen LogP contribution in [0.15, 0.2) is 18.2 Å². The number of benzene rings is 1. The SMILES string of the molecule is O=C([C@@H]1COCCO1)N1CCC[C@@H]1c1ccc2c(c1)OCCO2. The number of amides is 1. The molecular weight excluding hydrogens is 298 g/mol. The molecule has 3 aliphatic heterocycles. The van der Waals surface area contributed by atoms with Crippen molar-refractivity contribution in [2.24, 2.45) is 0 Å². The lowest BCUT2D eigenvalue weighted by molar-refractivity contribution is -0.158. The minimum absolute atomic E-state index is 0.0297. The molecule has 23 heavy (non-hydrogen) atoms. The van der Waals surface area contributed by atoms with Crippen LogP contribution in [0.3, 0.4) is 0 Å². The van der Waals surface area contributed by atoms with Gasteiger partial charge in [0.1, 0.15) is 13.2 Å². The Balaban J connectivity index is 1.54. The zero-order chi connectivity index (χ0) is 15.6. The summed E-state index contributed by atoms with van der Waals surface area (Å²) in [7, 11) is 0. The van der Waals surface area contributed by atoms with Crippen molar-refractivity contribution in [3.05, 3.63) is 23.8 Å². The van der Waals surface area contributed by atoms with Crippen LogP contribution in [0.4, 0.5) is 0 Å². The molecule has 0 bridgehead atoms. The molecule has 124 valence electrons. The summed E-state index contributed by atoms with van der Waals surface area (Å²) in [4.78, 5) is 14.7. The number of fused-ring (bicyclic) bond motifs is 1. The molecule has 1 amide bonds. The highest BCUT2D eigenvalue weighted by molar-refractivity contribution is 5.82. The first kappa shape index (κ1) is 14.8. The van der Waals surface area contributed by atoms with Gasteiger partial charge in [-0.05, 0) is 30.5 Å². The van der Waals surface area contributed by atoms with Gasteiger partial charge in [-0.15, -0.1) is 0 Å². The van der Waals surface area contributed by atoms with E-state index in [2.05, 4.69) is 0 Å². The van der Waals surface area contributed by atoms with E-state index >= 15 is 0 Å². The number of carbonyl (C=O) groups excluding carboxylic acids is 1. The van der Waals surface area contributed by atoms with Crippen LogP contribution in [0, 0.1) is 0 Å². The van der Waals surface area contributed by atoms with E-state index in [0.29, 0.717) is 33.0 Å². The van der Waals surface area contributed by atoms with E-state index in [4.69, 9.17) is 18.9 Å². The van der Waals surface area contributed by atoms with Gasteiger partial charge in [-0.25, -0.2) is 0 Å². The van der Waals surface area contributed by atoms with Gasteiger partial charge < -0.3 is 23.8 Å². The smallest absolute Gasteiger partial charge is 0.254 e. The first-order chi connectivity index (χ1) is 11.3. The highest BCUT2D eigenvalue weighted by Crippen LogP contribution is 2.38. The maximum absolute atomic E-state index is 12.7. The van der Waals surface area contributed by atoms with Crippen molar-refractivity contribution in [2.45, 2.75) is 25.0 Å². The molecule has 0 aromatic heterocycles. The third-order valence-corrected chi connectivity index (χ3v) is 4.58. The van der Waals surface area contributed by atoms with Crippen molar-refractivity contribution in [3.63, 3.8) is 0 Å². The average molecular weight is 319 g/mol. The molecule has 0 saturated carbocycles. The standard InChI is InChI=1S/C17H21NO5/c19-17(16-11-20-6-7-23-16)18-5-1-2-13(18)12-3-4-14-15(10-12)22-9-8-21-14/h3-4,10,13,16H,1-2,5-9,11H2/t13-,16+/m1/s1. The van der Waals surface area contributed by atoms with Gasteiger partial charge in [0.15, 0.2) is 17.6 Å². The molecule has 0 N–H and O–H groups in total. The number of hydrogen-bond donors (Lipinski definition) is 0. The fourth-order valence-electron chi connectivity index (χ4n) is 3.46. The zero-order valence-electron chi connectivity index (χ0n) is 13.0. The second kappa shape index (κ2) is 6.37. The fourth-order valence-corrected chi connectivity index (χ4v) is 3.46. The lowest BCUT2D eigenvalue weighted by atomic mass is 10.0. The lowest BCUT2D eigenvalue weighted by Gasteiger charge is -2.31. The van der Waals surface area contributed by atoms with Gasteiger partial charge in [0.25, 0.3) is 5.91 Å². The lowest BCUT2D eigenvalue weighted by Crippen LogP contribution is -2.45. The monoisotopic (exact) mass is 319 g/mol. The Kier molecular flexibility index (Phi) is 4.10. The Labute approximate surface area is 135 Å². The summed E-state index contributed by atoms with van der Waals surface area (Å²) in [6.07, 6.45) is 1.48. The summed E-state index contributed by atoms with van der Waals surface area (Å²) >= 11 is 0. The summed E-state index contributed by atoms with van der Waals surface area (Å²) < 4.78 is 22.2. The van der Waals surface area contributed by atoms with Crippen LogP contribution < -0.4 is 9.47 Å². The minimum Gasteiger partial charge on any atom is -0.486 e. The molecule has 0 radical (unpaired) electrons. The van der Waals surface area contributed by atoms with E-state index in [1.807, 2.05) is 23.1 Å². The number of ether oxygens (including phenoxy) is 4. The highest BCUT2D eigenvalue weighted by atomic mass is 16.6. The average Bonchev–Trinajstić information content (AvgIpc) is 3.11. The maximum atomic E-state index is 12.7. The first-order valence-corrected chi connectivity index (χ1v) is 8.22. The summed E-state index contributed by atoms with van der Waals surface area (Å²) in [5, 5.41) is 0. The van der Waals surface area contributed by atoms with Crippen LogP contribution in [-0.2, 0) is 14.3 Å². The minimum atomic E-state index is -0.471. The number of nitrogens with zero attached hydrogens (tertiary/aromatic N) is 1. The Morgan fingerprint density at radius 3 is 2.78 bits per heavy atom. The van der Waals surface area contributed by atoms with Gasteiger partial charge in [0, 0.05) is 6.54 Å². The number of carbonyl (C=O) groups is 1. The van der Waals surface area contributed by atoms with E-state index in [0.717, 1.165) is 36.4 Å². The van der Waals surface area contributed by atoms with Gasteiger partial charge in [-0.3, -0.25) is 4.79 Å². The number of rotatable bonds is 2. The molecule has 6 nitrogen and oxygen atoms in total. The molecule has 6 heteroatoms. The van der Waals surface area contributed by atoms with Crippen molar-refractivity contribution < 1.29 is 23.7 Å². The normalized spacial score (nSPS) is 27.0. The van der Waals surface area contributed by atoms with Crippen LogP contribution >= 0.6 is 0 Å². The number of likely N-dealkylation sites (tertiary alicyclic amines) is 1. The fraction of sp³-hybridized carbons (Fsp3) is 0.588. The highest BCUT2D eigenvalue weighted by Gasteiger charge is 2.35. The first-order valence-electron chi connectivity index (χ1n) is 8.22. The topological polar surface area (TPSA) is 57.2 Å².